The molecule has 0 bridgehead atoms. The van der Waals surface area contributed by atoms with Gasteiger partial charge in [0.1, 0.15) is 0 Å². The molecule has 0 spiro atoms. The third-order valence-electron chi connectivity index (χ3n) is 5.07. The molecule has 1 aromatic heterocycles. The lowest BCUT2D eigenvalue weighted by Crippen LogP contribution is -2.42. The van der Waals surface area contributed by atoms with Gasteiger partial charge in [-0.05, 0) is 56.5 Å². The smallest absolute Gasteiger partial charge is 0.338 e. The second-order valence-corrected chi connectivity index (χ2v) is 7.35. The van der Waals surface area contributed by atoms with Crippen molar-refractivity contribution in [2.75, 3.05) is 5.32 Å². The molecule has 2 amide bonds. The standard InChI is InChI=1S/C22H26N2O5/c1-14-10-11-16(13-18(14)24-21(26)19-9-6-12-28-19)22(27)29-15(2)20(25)23-17-7-4-3-5-8-17/h6,9-13,15,17H,3-5,7-8H2,1-2H3,(H,23,25)(H,24,26). The molecule has 7 nitrogen and oxygen atoms in total. The molecule has 1 atom stereocenters. The second-order valence-electron chi connectivity index (χ2n) is 7.35. The highest BCUT2D eigenvalue weighted by atomic mass is 16.5. The minimum Gasteiger partial charge on any atom is -0.459 e. The highest BCUT2D eigenvalue weighted by molar-refractivity contribution is 6.03. The molecule has 7 heteroatoms. The molecule has 1 aliphatic carbocycles. The number of esters is 1. The highest BCUT2D eigenvalue weighted by Crippen LogP contribution is 2.20. The number of ether oxygens (including phenoxy) is 1. The summed E-state index contributed by atoms with van der Waals surface area (Å²) in [5, 5.41) is 5.67. The number of hydrogen-bond donors (Lipinski definition) is 2. The van der Waals surface area contributed by atoms with Gasteiger partial charge in [0.25, 0.3) is 11.8 Å². The van der Waals surface area contributed by atoms with E-state index >= 15 is 0 Å². The number of carbonyl (C=O) groups excluding carboxylic acids is 3. The van der Waals surface area contributed by atoms with Crippen molar-refractivity contribution in [3.8, 4) is 0 Å². The molecule has 3 rings (SSSR count). The van der Waals surface area contributed by atoms with E-state index in [0.717, 1.165) is 31.2 Å². The van der Waals surface area contributed by atoms with E-state index < -0.39 is 18.0 Å². The fourth-order valence-electron chi connectivity index (χ4n) is 3.32. The number of aryl methyl sites for hydroxylation is 1. The number of furan rings is 1. The summed E-state index contributed by atoms with van der Waals surface area (Å²) < 4.78 is 10.4. The van der Waals surface area contributed by atoms with Crippen LogP contribution in [0, 0.1) is 6.92 Å². The summed E-state index contributed by atoms with van der Waals surface area (Å²) in [5.41, 5.74) is 1.51. The molecule has 0 saturated heterocycles. The Morgan fingerprint density at radius 3 is 2.59 bits per heavy atom. The van der Waals surface area contributed by atoms with Crippen molar-refractivity contribution < 1.29 is 23.5 Å². The first-order valence-electron chi connectivity index (χ1n) is 9.91. The van der Waals surface area contributed by atoms with Crippen LogP contribution in [0.3, 0.4) is 0 Å². The quantitative estimate of drug-likeness (QED) is 0.721. The number of nitrogens with one attached hydrogen (secondary N) is 2. The van der Waals surface area contributed by atoms with Crippen molar-refractivity contribution in [1.82, 2.24) is 5.32 Å². The molecule has 1 heterocycles. The van der Waals surface area contributed by atoms with Crippen LogP contribution in [0.1, 0.15) is 65.5 Å². The molecule has 2 aromatic rings. The molecular formula is C22H26N2O5. The van der Waals surface area contributed by atoms with Gasteiger partial charge in [0.2, 0.25) is 0 Å². The SMILES string of the molecule is Cc1ccc(C(=O)OC(C)C(=O)NC2CCCCC2)cc1NC(=O)c1ccco1. The Labute approximate surface area is 169 Å². The van der Waals surface area contributed by atoms with E-state index in [1.807, 2.05) is 6.92 Å². The lowest BCUT2D eigenvalue weighted by Gasteiger charge is -2.24. The highest BCUT2D eigenvalue weighted by Gasteiger charge is 2.23. The zero-order chi connectivity index (χ0) is 20.8. The first kappa shape index (κ1) is 20.6. The van der Waals surface area contributed by atoms with E-state index in [2.05, 4.69) is 10.6 Å². The molecule has 1 aliphatic rings. The lowest BCUT2D eigenvalue weighted by atomic mass is 9.95. The fourth-order valence-corrected chi connectivity index (χ4v) is 3.32. The molecule has 1 saturated carbocycles. The monoisotopic (exact) mass is 398 g/mol. The number of rotatable bonds is 6. The zero-order valence-electron chi connectivity index (χ0n) is 16.7. The van der Waals surface area contributed by atoms with Gasteiger partial charge in [-0.25, -0.2) is 4.79 Å². The van der Waals surface area contributed by atoms with Crippen LogP contribution in [-0.4, -0.2) is 29.9 Å². The van der Waals surface area contributed by atoms with Gasteiger partial charge in [0.15, 0.2) is 11.9 Å². The number of carbonyl (C=O) groups is 3. The summed E-state index contributed by atoms with van der Waals surface area (Å²) in [6, 6.07) is 8.17. The van der Waals surface area contributed by atoms with E-state index in [-0.39, 0.29) is 23.3 Å². The Hall–Kier alpha value is -3.09. The Morgan fingerprint density at radius 1 is 1.14 bits per heavy atom. The van der Waals surface area contributed by atoms with Crippen LogP contribution in [0.4, 0.5) is 5.69 Å². The number of anilines is 1. The van der Waals surface area contributed by atoms with Gasteiger partial charge in [-0.2, -0.15) is 0 Å². The van der Waals surface area contributed by atoms with Crippen molar-refractivity contribution >= 4 is 23.5 Å². The first-order chi connectivity index (χ1) is 13.9. The predicted octanol–water partition coefficient (Wildman–Crippen LogP) is 3.83. The maximum Gasteiger partial charge on any atom is 0.338 e. The molecule has 0 radical (unpaired) electrons. The van der Waals surface area contributed by atoms with Crippen LogP contribution >= 0.6 is 0 Å². The first-order valence-corrected chi connectivity index (χ1v) is 9.91. The molecule has 0 aliphatic heterocycles. The van der Waals surface area contributed by atoms with Crippen LogP contribution in [0.2, 0.25) is 0 Å². The van der Waals surface area contributed by atoms with E-state index in [1.165, 1.54) is 18.8 Å². The van der Waals surface area contributed by atoms with Gasteiger partial charge in [-0.3, -0.25) is 9.59 Å². The summed E-state index contributed by atoms with van der Waals surface area (Å²) in [4.78, 5) is 37.0. The van der Waals surface area contributed by atoms with Gasteiger partial charge >= 0.3 is 5.97 Å². The largest absolute Gasteiger partial charge is 0.459 e. The van der Waals surface area contributed by atoms with E-state index in [0.29, 0.717) is 5.69 Å². The fraction of sp³-hybridized carbons (Fsp3) is 0.409. The van der Waals surface area contributed by atoms with Crippen molar-refractivity contribution in [1.29, 1.82) is 0 Å². The average molecular weight is 398 g/mol. The molecule has 1 aromatic carbocycles. The van der Waals surface area contributed by atoms with Crippen molar-refractivity contribution in [3.05, 3.63) is 53.5 Å². The summed E-state index contributed by atoms with van der Waals surface area (Å²) in [7, 11) is 0. The normalized spacial score (nSPS) is 15.4. The Kier molecular flexibility index (Phi) is 6.69. The summed E-state index contributed by atoms with van der Waals surface area (Å²) in [6.45, 7) is 3.37. The van der Waals surface area contributed by atoms with Crippen molar-refractivity contribution in [2.45, 2.75) is 58.1 Å². The molecule has 29 heavy (non-hydrogen) atoms. The Morgan fingerprint density at radius 2 is 1.90 bits per heavy atom. The summed E-state index contributed by atoms with van der Waals surface area (Å²) in [5.74, 6) is -1.15. The van der Waals surface area contributed by atoms with Gasteiger partial charge in [0, 0.05) is 11.7 Å². The number of amides is 2. The van der Waals surface area contributed by atoms with E-state index in [4.69, 9.17) is 9.15 Å². The molecule has 2 N–H and O–H groups in total. The topological polar surface area (TPSA) is 97.6 Å². The van der Waals surface area contributed by atoms with Gasteiger partial charge < -0.3 is 19.8 Å². The third-order valence-corrected chi connectivity index (χ3v) is 5.07. The number of benzene rings is 1. The Balaban J connectivity index is 1.61. The minimum atomic E-state index is -0.896. The van der Waals surface area contributed by atoms with Gasteiger partial charge in [-0.1, -0.05) is 25.3 Å². The third kappa shape index (κ3) is 5.47. The molecule has 1 unspecified atom stereocenters. The van der Waals surface area contributed by atoms with Crippen molar-refractivity contribution in [3.63, 3.8) is 0 Å². The van der Waals surface area contributed by atoms with E-state index in [9.17, 15) is 14.4 Å². The minimum absolute atomic E-state index is 0.153. The number of hydrogen-bond acceptors (Lipinski definition) is 5. The average Bonchev–Trinajstić information content (AvgIpc) is 3.25. The van der Waals surface area contributed by atoms with Gasteiger partial charge in [-0.15, -0.1) is 0 Å². The maximum atomic E-state index is 12.5. The van der Waals surface area contributed by atoms with Crippen molar-refractivity contribution in [2.24, 2.45) is 0 Å². The molecule has 154 valence electrons. The van der Waals surface area contributed by atoms with Crippen LogP contribution in [0.25, 0.3) is 0 Å². The molecule has 1 fully saturated rings. The predicted molar refractivity (Wildman–Crippen MR) is 108 cm³/mol. The summed E-state index contributed by atoms with van der Waals surface area (Å²) in [6.07, 6.45) is 5.85. The molecular weight excluding hydrogens is 372 g/mol. The lowest BCUT2D eigenvalue weighted by molar-refractivity contribution is -0.130. The summed E-state index contributed by atoms with van der Waals surface area (Å²) >= 11 is 0. The van der Waals surface area contributed by atoms with Crippen LogP contribution in [0.15, 0.2) is 41.0 Å². The van der Waals surface area contributed by atoms with Crippen LogP contribution in [-0.2, 0) is 9.53 Å². The van der Waals surface area contributed by atoms with Crippen LogP contribution in [0.5, 0.6) is 0 Å². The maximum absolute atomic E-state index is 12.5. The Bertz CT molecular complexity index is 869. The van der Waals surface area contributed by atoms with E-state index in [1.54, 1.807) is 31.2 Å². The second kappa shape index (κ2) is 9.41. The van der Waals surface area contributed by atoms with Gasteiger partial charge in [0.05, 0.1) is 11.8 Å². The zero-order valence-corrected chi connectivity index (χ0v) is 16.7. The van der Waals surface area contributed by atoms with Crippen LogP contribution < -0.4 is 10.6 Å².